The Bertz CT molecular complexity index is 815. The monoisotopic (exact) mass is 274 g/mol. The first kappa shape index (κ1) is 13.1. The molecule has 0 spiro atoms. The van der Waals surface area contributed by atoms with Crippen molar-refractivity contribution >= 4 is 16.7 Å². The zero-order valence-corrected chi connectivity index (χ0v) is 11.6. The highest BCUT2D eigenvalue weighted by Gasteiger charge is 2.09. The number of hydrogen-bond acceptors (Lipinski definition) is 4. The minimum atomic E-state index is 0.0524. The van der Waals surface area contributed by atoms with Crippen molar-refractivity contribution in [1.29, 1.82) is 5.26 Å². The summed E-state index contributed by atoms with van der Waals surface area (Å²) >= 11 is 0. The van der Waals surface area contributed by atoms with Gasteiger partial charge >= 0.3 is 0 Å². The van der Waals surface area contributed by atoms with E-state index in [2.05, 4.69) is 21.4 Å². The lowest BCUT2D eigenvalue weighted by Crippen LogP contribution is -2.08. The van der Waals surface area contributed by atoms with Crippen LogP contribution in [-0.4, -0.2) is 9.97 Å². The van der Waals surface area contributed by atoms with Gasteiger partial charge in [-0.15, -0.1) is 0 Å². The molecule has 1 aromatic heterocycles. The number of benzene rings is 2. The van der Waals surface area contributed by atoms with Crippen LogP contribution in [0.1, 0.15) is 24.1 Å². The largest absolute Gasteiger partial charge is 0.363 e. The molecular formula is C17H14N4. The summed E-state index contributed by atoms with van der Waals surface area (Å²) in [6, 6.07) is 17.7. The van der Waals surface area contributed by atoms with Gasteiger partial charge < -0.3 is 5.32 Å². The number of nitriles is 1. The highest BCUT2D eigenvalue weighted by atomic mass is 15.0. The molecule has 0 bridgehead atoms. The number of nitrogens with one attached hydrogen (secondary N) is 1. The van der Waals surface area contributed by atoms with Crippen LogP contribution < -0.4 is 5.32 Å². The van der Waals surface area contributed by atoms with Crippen molar-refractivity contribution in [2.45, 2.75) is 13.0 Å². The van der Waals surface area contributed by atoms with Gasteiger partial charge in [-0.25, -0.2) is 9.97 Å². The molecule has 1 N–H and O–H groups in total. The zero-order valence-electron chi connectivity index (χ0n) is 11.6. The quantitative estimate of drug-likeness (QED) is 0.791. The first-order valence-corrected chi connectivity index (χ1v) is 6.74. The van der Waals surface area contributed by atoms with Gasteiger partial charge in [0.15, 0.2) is 0 Å². The second kappa shape index (κ2) is 5.59. The minimum absolute atomic E-state index is 0.0524. The number of para-hydroxylation sites is 1. The second-order valence-electron chi connectivity index (χ2n) is 4.84. The van der Waals surface area contributed by atoms with Crippen LogP contribution in [0.3, 0.4) is 0 Å². The lowest BCUT2D eigenvalue weighted by atomic mass is 10.1. The van der Waals surface area contributed by atoms with Crippen molar-refractivity contribution in [2.75, 3.05) is 5.32 Å². The molecule has 0 aliphatic heterocycles. The predicted octanol–water partition coefficient (Wildman–Crippen LogP) is 3.67. The fraction of sp³-hybridized carbons (Fsp3) is 0.118. The Morgan fingerprint density at radius 3 is 2.81 bits per heavy atom. The molecule has 0 aliphatic carbocycles. The summed E-state index contributed by atoms with van der Waals surface area (Å²) in [5.41, 5.74) is 2.62. The Balaban J connectivity index is 1.93. The lowest BCUT2D eigenvalue weighted by molar-refractivity contribution is 0.875. The van der Waals surface area contributed by atoms with Gasteiger partial charge in [-0.2, -0.15) is 5.26 Å². The van der Waals surface area contributed by atoms with Gasteiger partial charge in [0, 0.05) is 5.39 Å². The highest BCUT2D eigenvalue weighted by molar-refractivity contribution is 5.88. The Kier molecular flexibility index (Phi) is 3.48. The van der Waals surface area contributed by atoms with Gasteiger partial charge in [0.25, 0.3) is 0 Å². The average Bonchev–Trinajstić information content (AvgIpc) is 2.55. The molecule has 2 aromatic carbocycles. The average molecular weight is 274 g/mol. The van der Waals surface area contributed by atoms with E-state index < -0.39 is 0 Å². The Hall–Kier alpha value is -2.93. The molecular weight excluding hydrogens is 260 g/mol. The van der Waals surface area contributed by atoms with Crippen LogP contribution in [0.4, 0.5) is 5.82 Å². The predicted molar refractivity (Wildman–Crippen MR) is 82.7 cm³/mol. The number of nitrogens with zero attached hydrogens (tertiary/aromatic N) is 3. The second-order valence-corrected chi connectivity index (χ2v) is 4.84. The van der Waals surface area contributed by atoms with E-state index in [-0.39, 0.29) is 6.04 Å². The van der Waals surface area contributed by atoms with Crippen molar-refractivity contribution < 1.29 is 0 Å². The number of fused-ring (bicyclic) bond motifs is 1. The summed E-state index contributed by atoms with van der Waals surface area (Å²) in [6.07, 6.45) is 1.56. The zero-order chi connectivity index (χ0) is 14.7. The highest BCUT2D eigenvalue weighted by Crippen LogP contribution is 2.24. The molecule has 1 atom stereocenters. The van der Waals surface area contributed by atoms with Gasteiger partial charge in [0.1, 0.15) is 12.1 Å². The maximum absolute atomic E-state index is 8.98. The van der Waals surface area contributed by atoms with Gasteiger partial charge in [-0.3, -0.25) is 0 Å². The van der Waals surface area contributed by atoms with E-state index in [4.69, 9.17) is 5.26 Å². The number of rotatable bonds is 3. The van der Waals surface area contributed by atoms with Crippen molar-refractivity contribution in [2.24, 2.45) is 0 Å². The van der Waals surface area contributed by atoms with Gasteiger partial charge in [-0.1, -0.05) is 24.3 Å². The molecule has 0 aliphatic rings. The molecule has 1 unspecified atom stereocenters. The summed E-state index contributed by atoms with van der Waals surface area (Å²) in [6.45, 7) is 2.05. The van der Waals surface area contributed by atoms with Gasteiger partial charge in [0.2, 0.25) is 0 Å². The van der Waals surface area contributed by atoms with Gasteiger partial charge in [-0.05, 0) is 36.8 Å². The van der Waals surface area contributed by atoms with Crippen LogP contribution in [0.5, 0.6) is 0 Å². The third-order valence-electron chi connectivity index (χ3n) is 3.41. The van der Waals surface area contributed by atoms with Crippen molar-refractivity contribution in [3.05, 3.63) is 66.0 Å². The molecule has 4 heteroatoms. The van der Waals surface area contributed by atoms with Crippen LogP contribution in [0.15, 0.2) is 54.9 Å². The molecule has 21 heavy (non-hydrogen) atoms. The molecule has 102 valence electrons. The van der Waals surface area contributed by atoms with E-state index in [1.165, 1.54) is 0 Å². The Morgan fingerprint density at radius 1 is 1.10 bits per heavy atom. The summed E-state index contributed by atoms with van der Waals surface area (Å²) in [7, 11) is 0. The third-order valence-corrected chi connectivity index (χ3v) is 3.41. The van der Waals surface area contributed by atoms with Crippen molar-refractivity contribution in [3.8, 4) is 6.07 Å². The molecule has 0 radical (unpaired) electrons. The smallest absolute Gasteiger partial charge is 0.137 e. The Morgan fingerprint density at radius 2 is 1.95 bits per heavy atom. The molecule has 0 saturated heterocycles. The normalized spacial score (nSPS) is 11.8. The summed E-state index contributed by atoms with van der Waals surface area (Å²) in [5.74, 6) is 0.801. The fourth-order valence-corrected chi connectivity index (χ4v) is 2.29. The van der Waals surface area contributed by atoms with E-state index in [1.807, 2.05) is 49.4 Å². The van der Waals surface area contributed by atoms with E-state index in [1.54, 1.807) is 12.4 Å². The van der Waals surface area contributed by atoms with E-state index in [0.717, 1.165) is 22.3 Å². The van der Waals surface area contributed by atoms with Crippen LogP contribution in [0.2, 0.25) is 0 Å². The summed E-state index contributed by atoms with van der Waals surface area (Å²) in [5, 5.41) is 13.4. The van der Waals surface area contributed by atoms with Crippen LogP contribution >= 0.6 is 0 Å². The maximum atomic E-state index is 8.98. The lowest BCUT2D eigenvalue weighted by Gasteiger charge is -2.16. The molecule has 1 heterocycles. The summed E-state index contributed by atoms with van der Waals surface area (Å²) in [4.78, 5) is 8.58. The van der Waals surface area contributed by atoms with Crippen LogP contribution in [-0.2, 0) is 0 Å². The fourth-order valence-electron chi connectivity index (χ4n) is 2.29. The van der Waals surface area contributed by atoms with Crippen LogP contribution in [0, 0.1) is 11.3 Å². The minimum Gasteiger partial charge on any atom is -0.363 e. The number of aromatic nitrogens is 2. The van der Waals surface area contributed by atoms with Crippen molar-refractivity contribution in [1.82, 2.24) is 9.97 Å². The third kappa shape index (κ3) is 2.67. The Labute approximate surface area is 123 Å². The van der Waals surface area contributed by atoms with Gasteiger partial charge in [0.05, 0.1) is 23.2 Å². The summed E-state index contributed by atoms with van der Waals surface area (Å²) < 4.78 is 0. The van der Waals surface area contributed by atoms with Crippen LogP contribution in [0.25, 0.3) is 10.9 Å². The van der Waals surface area contributed by atoms with E-state index >= 15 is 0 Å². The van der Waals surface area contributed by atoms with E-state index in [9.17, 15) is 0 Å². The number of anilines is 1. The molecule has 3 aromatic rings. The molecule has 0 saturated carbocycles. The number of hydrogen-bond donors (Lipinski definition) is 1. The standard InChI is InChI=1S/C17H14N4/c1-12(14-6-4-5-13(9-14)10-18)21-17-15-7-2-3-8-16(15)19-11-20-17/h2-9,11-12H,1H3,(H,19,20,21). The topological polar surface area (TPSA) is 61.6 Å². The first-order chi connectivity index (χ1) is 10.3. The SMILES string of the molecule is CC(Nc1ncnc2ccccc12)c1cccc(C#N)c1. The molecule has 0 fully saturated rings. The molecule has 3 rings (SSSR count). The molecule has 4 nitrogen and oxygen atoms in total. The van der Waals surface area contributed by atoms with E-state index in [0.29, 0.717) is 5.56 Å². The first-order valence-electron chi connectivity index (χ1n) is 6.74. The van der Waals surface area contributed by atoms with Crippen molar-refractivity contribution in [3.63, 3.8) is 0 Å². The maximum Gasteiger partial charge on any atom is 0.137 e. The molecule has 0 amide bonds.